The number of anilines is 2. The van der Waals surface area contributed by atoms with Gasteiger partial charge in [0.25, 0.3) is 0 Å². The van der Waals surface area contributed by atoms with Gasteiger partial charge in [0.2, 0.25) is 0 Å². The van der Waals surface area contributed by atoms with Crippen LogP contribution in [-0.4, -0.2) is 9.97 Å². The van der Waals surface area contributed by atoms with Gasteiger partial charge in [-0.1, -0.05) is 48.0 Å². The topological polar surface area (TPSA) is 37.8 Å². The number of aryl methyl sites for hydroxylation is 1. The molecule has 2 heterocycles. The lowest BCUT2D eigenvalue weighted by Crippen LogP contribution is -1.95. The summed E-state index contributed by atoms with van der Waals surface area (Å²) in [4.78, 5) is 8.92. The second-order valence-electron chi connectivity index (χ2n) is 5.51. The zero-order valence-electron chi connectivity index (χ0n) is 12.5. The van der Waals surface area contributed by atoms with E-state index in [-0.39, 0.29) is 0 Å². The number of benzene rings is 2. The van der Waals surface area contributed by atoms with Gasteiger partial charge in [0, 0.05) is 10.8 Å². The van der Waals surface area contributed by atoms with E-state index in [0.717, 1.165) is 38.7 Å². The summed E-state index contributed by atoms with van der Waals surface area (Å²) in [6, 6.07) is 18.1. The molecular weight excluding hydrogens is 306 g/mol. The third-order valence-corrected chi connectivity index (χ3v) is 4.07. The third kappa shape index (κ3) is 2.60. The molecule has 0 aliphatic heterocycles. The lowest BCUT2D eigenvalue weighted by Gasteiger charge is -2.12. The highest BCUT2D eigenvalue weighted by molar-refractivity contribution is 6.30. The lowest BCUT2D eigenvalue weighted by atomic mass is 10.1. The van der Waals surface area contributed by atoms with Gasteiger partial charge >= 0.3 is 0 Å². The molecule has 23 heavy (non-hydrogen) atoms. The molecule has 0 aliphatic carbocycles. The van der Waals surface area contributed by atoms with E-state index >= 15 is 0 Å². The predicted molar refractivity (Wildman–Crippen MR) is 96.5 cm³/mol. The first-order valence-electron chi connectivity index (χ1n) is 7.38. The minimum absolute atomic E-state index is 0.475. The third-order valence-electron chi connectivity index (χ3n) is 3.88. The Morgan fingerprint density at radius 1 is 1.00 bits per heavy atom. The molecule has 0 atom stereocenters. The molecule has 4 aromatic rings. The van der Waals surface area contributed by atoms with Crippen molar-refractivity contribution in [3.05, 3.63) is 71.5 Å². The first-order valence-corrected chi connectivity index (χ1v) is 7.76. The monoisotopic (exact) mass is 319 g/mol. The number of nitrogens with one attached hydrogen (secondary N) is 1. The van der Waals surface area contributed by atoms with Crippen LogP contribution in [0, 0.1) is 6.92 Å². The molecule has 0 saturated heterocycles. The molecule has 1 N–H and O–H groups in total. The van der Waals surface area contributed by atoms with Crippen LogP contribution in [0.5, 0.6) is 0 Å². The normalized spacial score (nSPS) is 11.0. The Morgan fingerprint density at radius 2 is 1.87 bits per heavy atom. The van der Waals surface area contributed by atoms with E-state index in [1.165, 1.54) is 0 Å². The molecule has 3 nitrogen and oxygen atoms in total. The number of fused-ring (bicyclic) bond motifs is 2. The average molecular weight is 320 g/mol. The first kappa shape index (κ1) is 14.0. The van der Waals surface area contributed by atoms with Crippen LogP contribution in [0.1, 0.15) is 5.56 Å². The maximum Gasteiger partial charge on any atom is 0.131 e. The molecule has 4 heteroatoms. The van der Waals surface area contributed by atoms with Crippen molar-refractivity contribution in [3.8, 4) is 0 Å². The second kappa shape index (κ2) is 5.52. The Kier molecular flexibility index (Phi) is 3.36. The highest BCUT2D eigenvalue weighted by Gasteiger charge is 2.07. The quantitative estimate of drug-likeness (QED) is 0.496. The molecule has 0 spiro atoms. The van der Waals surface area contributed by atoms with Crippen molar-refractivity contribution < 1.29 is 0 Å². The molecule has 4 rings (SSSR count). The van der Waals surface area contributed by atoms with Crippen molar-refractivity contribution in [2.24, 2.45) is 0 Å². The molecule has 2 aromatic carbocycles. The Hall–Kier alpha value is -2.65. The highest BCUT2D eigenvalue weighted by Crippen LogP contribution is 2.30. The van der Waals surface area contributed by atoms with Gasteiger partial charge in [0.15, 0.2) is 0 Å². The standard InChI is InChI=1S/C19H14ClN3/c1-12-5-4-7-15-17(10-18(20)23-19(12)15)22-14-9-13-6-2-3-8-16(13)21-11-14/h2-11H,1H3,(H,22,23). The summed E-state index contributed by atoms with van der Waals surface area (Å²) in [5.74, 6) is 0. The largest absolute Gasteiger partial charge is 0.354 e. The van der Waals surface area contributed by atoms with Crippen molar-refractivity contribution in [2.45, 2.75) is 6.92 Å². The van der Waals surface area contributed by atoms with Crippen LogP contribution in [0.15, 0.2) is 60.8 Å². The highest BCUT2D eigenvalue weighted by atomic mass is 35.5. The molecule has 112 valence electrons. The molecular formula is C19H14ClN3. The van der Waals surface area contributed by atoms with Gasteiger partial charge in [-0.3, -0.25) is 4.98 Å². The fourth-order valence-electron chi connectivity index (χ4n) is 2.76. The minimum Gasteiger partial charge on any atom is -0.354 e. The molecule has 0 unspecified atom stereocenters. The summed E-state index contributed by atoms with van der Waals surface area (Å²) in [7, 11) is 0. The maximum atomic E-state index is 6.19. The predicted octanol–water partition coefficient (Wildman–Crippen LogP) is 5.49. The number of para-hydroxylation sites is 2. The van der Waals surface area contributed by atoms with Crippen molar-refractivity contribution in [1.29, 1.82) is 0 Å². The summed E-state index contributed by atoms with van der Waals surface area (Å²) < 4.78 is 0. The lowest BCUT2D eigenvalue weighted by molar-refractivity contribution is 1.35. The summed E-state index contributed by atoms with van der Waals surface area (Å²) >= 11 is 6.19. The van der Waals surface area contributed by atoms with Crippen molar-refractivity contribution in [2.75, 3.05) is 5.32 Å². The van der Waals surface area contributed by atoms with E-state index in [0.29, 0.717) is 5.15 Å². The van der Waals surface area contributed by atoms with Gasteiger partial charge in [-0.25, -0.2) is 4.98 Å². The van der Waals surface area contributed by atoms with Crippen LogP contribution in [0.4, 0.5) is 11.4 Å². The zero-order valence-corrected chi connectivity index (χ0v) is 13.3. The van der Waals surface area contributed by atoms with Crippen LogP contribution < -0.4 is 5.32 Å². The maximum absolute atomic E-state index is 6.19. The van der Waals surface area contributed by atoms with Gasteiger partial charge in [-0.2, -0.15) is 0 Å². The molecule has 0 amide bonds. The number of aromatic nitrogens is 2. The van der Waals surface area contributed by atoms with Crippen LogP contribution >= 0.6 is 11.6 Å². The SMILES string of the molecule is Cc1cccc2c(Nc3cnc4ccccc4c3)cc(Cl)nc12. The fourth-order valence-corrected chi connectivity index (χ4v) is 2.95. The molecule has 0 saturated carbocycles. The Morgan fingerprint density at radius 3 is 2.78 bits per heavy atom. The summed E-state index contributed by atoms with van der Waals surface area (Å²) in [6.07, 6.45) is 1.83. The van der Waals surface area contributed by atoms with E-state index in [4.69, 9.17) is 11.6 Å². The second-order valence-corrected chi connectivity index (χ2v) is 5.89. The van der Waals surface area contributed by atoms with Gasteiger partial charge in [-0.15, -0.1) is 0 Å². The number of hydrogen-bond acceptors (Lipinski definition) is 3. The van der Waals surface area contributed by atoms with E-state index in [2.05, 4.69) is 27.4 Å². The van der Waals surface area contributed by atoms with E-state index in [1.54, 1.807) is 0 Å². The number of rotatable bonds is 2. The molecule has 0 radical (unpaired) electrons. The van der Waals surface area contributed by atoms with Crippen LogP contribution in [0.3, 0.4) is 0 Å². The summed E-state index contributed by atoms with van der Waals surface area (Å²) in [5, 5.41) is 6.03. The van der Waals surface area contributed by atoms with Crippen molar-refractivity contribution in [1.82, 2.24) is 9.97 Å². The van der Waals surface area contributed by atoms with Gasteiger partial charge in [0.1, 0.15) is 5.15 Å². The zero-order chi connectivity index (χ0) is 15.8. The van der Waals surface area contributed by atoms with Crippen molar-refractivity contribution >= 4 is 44.8 Å². The Balaban J connectivity index is 1.84. The van der Waals surface area contributed by atoms with Crippen LogP contribution in [0.2, 0.25) is 5.15 Å². The molecule has 0 fully saturated rings. The van der Waals surface area contributed by atoms with Gasteiger partial charge in [-0.05, 0) is 30.7 Å². The summed E-state index contributed by atoms with van der Waals surface area (Å²) in [5.41, 5.74) is 4.85. The Labute approximate surface area is 139 Å². The molecule has 2 aromatic heterocycles. The average Bonchev–Trinajstić information content (AvgIpc) is 2.56. The van der Waals surface area contributed by atoms with E-state index in [1.807, 2.05) is 55.6 Å². The molecule has 0 aliphatic rings. The van der Waals surface area contributed by atoms with E-state index in [9.17, 15) is 0 Å². The van der Waals surface area contributed by atoms with Gasteiger partial charge in [0.05, 0.1) is 28.6 Å². The molecule has 0 bridgehead atoms. The summed E-state index contributed by atoms with van der Waals surface area (Å²) in [6.45, 7) is 2.03. The minimum atomic E-state index is 0.475. The number of halogens is 1. The number of hydrogen-bond donors (Lipinski definition) is 1. The van der Waals surface area contributed by atoms with Crippen molar-refractivity contribution in [3.63, 3.8) is 0 Å². The van der Waals surface area contributed by atoms with Crippen LogP contribution in [-0.2, 0) is 0 Å². The smallest absolute Gasteiger partial charge is 0.131 e. The fraction of sp³-hybridized carbons (Fsp3) is 0.0526. The number of nitrogens with zero attached hydrogens (tertiary/aromatic N) is 2. The van der Waals surface area contributed by atoms with Crippen LogP contribution in [0.25, 0.3) is 21.8 Å². The first-order chi connectivity index (χ1) is 11.2. The van der Waals surface area contributed by atoms with Gasteiger partial charge < -0.3 is 5.32 Å². The Bertz CT molecular complexity index is 1030. The van der Waals surface area contributed by atoms with E-state index < -0.39 is 0 Å². The number of pyridine rings is 2.